The van der Waals surface area contributed by atoms with Crippen molar-refractivity contribution in [1.29, 1.82) is 0 Å². The van der Waals surface area contributed by atoms with Crippen molar-refractivity contribution in [3.05, 3.63) is 59.7 Å². The van der Waals surface area contributed by atoms with Gasteiger partial charge in [-0.3, -0.25) is 4.79 Å². The minimum Gasteiger partial charge on any atom is -0.507 e. The maximum Gasteiger partial charge on any atom is 0.225 e. The summed E-state index contributed by atoms with van der Waals surface area (Å²) < 4.78 is 0. The Labute approximate surface area is 226 Å². The number of nitrogens with one attached hydrogen (secondary N) is 2. The molecule has 0 bridgehead atoms. The van der Waals surface area contributed by atoms with Gasteiger partial charge in [0, 0.05) is 42.7 Å². The van der Waals surface area contributed by atoms with Crippen molar-refractivity contribution >= 4 is 34.1 Å². The van der Waals surface area contributed by atoms with Crippen LogP contribution in [-0.2, 0) is 16.6 Å². The standard InChI is InChI=1S/C31H41N5O2/c1-19(2)24-16-20(17-25(28(24)38)31(3,4)5)18-27(37)32-21-12-14-22(15-13-21)33-30-34-26-11-9-8-10-23(26)29(35-30)36(6)7/h8-11,16-17,21-22,38H,1,12-15,18H2,2-7H3,(H,32,37)(H,33,34,35). The van der Waals surface area contributed by atoms with E-state index in [2.05, 4.69) is 38.0 Å². The van der Waals surface area contributed by atoms with Crippen LogP contribution in [0.1, 0.15) is 70.1 Å². The van der Waals surface area contributed by atoms with Gasteiger partial charge in [0.05, 0.1) is 11.9 Å². The number of hydrogen-bond donors (Lipinski definition) is 3. The second kappa shape index (κ2) is 11.0. The number of phenolic OH excluding ortho intramolecular Hbond substituents is 1. The van der Waals surface area contributed by atoms with Crippen molar-refractivity contribution in [1.82, 2.24) is 15.3 Å². The molecule has 1 aromatic heterocycles. The van der Waals surface area contributed by atoms with Crippen molar-refractivity contribution in [3.63, 3.8) is 0 Å². The number of hydrogen-bond acceptors (Lipinski definition) is 6. The number of para-hydroxylation sites is 1. The predicted octanol–water partition coefficient (Wildman–Crippen LogP) is 5.81. The van der Waals surface area contributed by atoms with Gasteiger partial charge in [-0.2, -0.15) is 4.98 Å². The largest absolute Gasteiger partial charge is 0.507 e. The maximum atomic E-state index is 13.0. The first kappa shape index (κ1) is 27.4. The van der Waals surface area contributed by atoms with E-state index in [1.165, 1.54) is 0 Å². The van der Waals surface area contributed by atoms with Crippen LogP contribution in [-0.4, -0.2) is 47.2 Å². The molecule has 1 aliphatic rings. The monoisotopic (exact) mass is 515 g/mol. The van der Waals surface area contributed by atoms with E-state index < -0.39 is 0 Å². The number of allylic oxidation sites excluding steroid dienone is 1. The molecular weight excluding hydrogens is 474 g/mol. The normalized spacial score (nSPS) is 17.7. The number of amides is 1. The lowest BCUT2D eigenvalue weighted by molar-refractivity contribution is -0.121. The van der Waals surface area contributed by atoms with Crippen LogP contribution >= 0.6 is 0 Å². The molecule has 1 saturated carbocycles. The molecular formula is C31H41N5O2. The first-order chi connectivity index (χ1) is 17.9. The van der Waals surface area contributed by atoms with Gasteiger partial charge in [-0.05, 0) is 67.4 Å². The zero-order valence-electron chi connectivity index (χ0n) is 23.6. The highest BCUT2D eigenvalue weighted by molar-refractivity contribution is 5.90. The van der Waals surface area contributed by atoms with Crippen LogP contribution < -0.4 is 15.5 Å². The molecule has 3 N–H and O–H groups in total. The highest BCUT2D eigenvalue weighted by atomic mass is 16.3. The Morgan fingerprint density at radius 1 is 1.08 bits per heavy atom. The molecule has 38 heavy (non-hydrogen) atoms. The fourth-order valence-electron chi connectivity index (χ4n) is 5.19. The van der Waals surface area contributed by atoms with Crippen molar-refractivity contribution in [2.24, 2.45) is 0 Å². The van der Waals surface area contributed by atoms with Crippen molar-refractivity contribution in [2.45, 2.75) is 77.3 Å². The van der Waals surface area contributed by atoms with E-state index in [0.29, 0.717) is 11.5 Å². The molecule has 1 aliphatic carbocycles. The van der Waals surface area contributed by atoms with Gasteiger partial charge in [0.1, 0.15) is 11.6 Å². The fourth-order valence-corrected chi connectivity index (χ4v) is 5.19. The first-order valence-electron chi connectivity index (χ1n) is 13.4. The third kappa shape index (κ3) is 6.26. The smallest absolute Gasteiger partial charge is 0.225 e. The molecule has 1 heterocycles. The summed E-state index contributed by atoms with van der Waals surface area (Å²) in [6.45, 7) is 12.1. The molecule has 0 aliphatic heterocycles. The van der Waals surface area contributed by atoms with Crippen molar-refractivity contribution < 1.29 is 9.90 Å². The average Bonchev–Trinajstić information content (AvgIpc) is 2.84. The van der Waals surface area contributed by atoms with Gasteiger partial charge in [-0.25, -0.2) is 4.98 Å². The van der Waals surface area contributed by atoms with Crippen LogP contribution in [0.25, 0.3) is 16.5 Å². The minimum absolute atomic E-state index is 0.00751. The van der Waals surface area contributed by atoms with Crippen LogP contribution in [0.4, 0.5) is 11.8 Å². The van der Waals surface area contributed by atoms with Gasteiger partial charge < -0.3 is 20.6 Å². The summed E-state index contributed by atoms with van der Waals surface area (Å²) in [7, 11) is 3.99. The van der Waals surface area contributed by atoms with E-state index in [1.807, 2.05) is 62.3 Å². The Kier molecular flexibility index (Phi) is 7.95. The molecule has 202 valence electrons. The fraction of sp³-hybridized carbons (Fsp3) is 0.452. The number of rotatable bonds is 7. The number of aromatic nitrogens is 2. The third-order valence-electron chi connectivity index (χ3n) is 7.23. The van der Waals surface area contributed by atoms with Crippen LogP contribution in [0.5, 0.6) is 5.75 Å². The molecule has 0 radical (unpaired) electrons. The number of carbonyl (C=O) groups excluding carboxylic acids is 1. The van der Waals surface area contributed by atoms with E-state index in [1.54, 1.807) is 0 Å². The van der Waals surface area contributed by atoms with E-state index in [9.17, 15) is 9.90 Å². The van der Waals surface area contributed by atoms with E-state index in [4.69, 9.17) is 9.97 Å². The maximum absolute atomic E-state index is 13.0. The van der Waals surface area contributed by atoms with Gasteiger partial charge in [-0.1, -0.05) is 45.5 Å². The number of benzene rings is 2. The Bertz CT molecular complexity index is 1330. The lowest BCUT2D eigenvalue weighted by Gasteiger charge is -2.30. The van der Waals surface area contributed by atoms with E-state index >= 15 is 0 Å². The Morgan fingerprint density at radius 2 is 1.74 bits per heavy atom. The molecule has 0 saturated heterocycles. The molecule has 7 nitrogen and oxygen atoms in total. The van der Waals surface area contributed by atoms with E-state index in [0.717, 1.165) is 59.1 Å². The topological polar surface area (TPSA) is 90.4 Å². The molecule has 0 spiro atoms. The third-order valence-corrected chi connectivity index (χ3v) is 7.23. The number of fused-ring (bicyclic) bond motifs is 1. The van der Waals surface area contributed by atoms with Gasteiger partial charge in [-0.15, -0.1) is 0 Å². The molecule has 0 unspecified atom stereocenters. The number of carbonyl (C=O) groups is 1. The molecule has 3 aromatic rings. The zero-order valence-corrected chi connectivity index (χ0v) is 23.6. The first-order valence-corrected chi connectivity index (χ1v) is 13.4. The Hall–Kier alpha value is -3.61. The van der Waals surface area contributed by atoms with Crippen LogP contribution in [0.3, 0.4) is 0 Å². The summed E-state index contributed by atoms with van der Waals surface area (Å²) in [6.07, 6.45) is 3.95. The number of anilines is 2. The quantitative estimate of drug-likeness (QED) is 0.368. The molecule has 0 atom stereocenters. The summed E-state index contributed by atoms with van der Waals surface area (Å²) in [4.78, 5) is 24.5. The average molecular weight is 516 g/mol. The van der Waals surface area contributed by atoms with Crippen LogP contribution in [0.2, 0.25) is 0 Å². The number of phenols is 1. The minimum atomic E-state index is -0.242. The molecule has 4 rings (SSSR count). The predicted molar refractivity (Wildman–Crippen MR) is 157 cm³/mol. The second-order valence-electron chi connectivity index (χ2n) is 11.8. The highest BCUT2D eigenvalue weighted by Crippen LogP contribution is 2.37. The van der Waals surface area contributed by atoms with Gasteiger partial charge in [0.2, 0.25) is 11.9 Å². The van der Waals surface area contributed by atoms with Crippen molar-refractivity contribution in [2.75, 3.05) is 24.3 Å². The second-order valence-corrected chi connectivity index (χ2v) is 11.8. The summed E-state index contributed by atoms with van der Waals surface area (Å²) in [6, 6.07) is 12.3. The lowest BCUT2D eigenvalue weighted by atomic mass is 9.83. The van der Waals surface area contributed by atoms with E-state index in [-0.39, 0.29) is 35.6 Å². The lowest BCUT2D eigenvalue weighted by Crippen LogP contribution is -2.41. The molecule has 1 amide bonds. The van der Waals surface area contributed by atoms with Gasteiger partial charge in [0.25, 0.3) is 0 Å². The summed E-state index contributed by atoms with van der Waals surface area (Å²) in [5, 5.41) is 18.6. The van der Waals surface area contributed by atoms with Gasteiger partial charge >= 0.3 is 0 Å². The Balaban J connectivity index is 1.37. The van der Waals surface area contributed by atoms with Crippen LogP contribution in [0, 0.1) is 0 Å². The number of aromatic hydroxyl groups is 1. The highest BCUT2D eigenvalue weighted by Gasteiger charge is 2.25. The van der Waals surface area contributed by atoms with Crippen molar-refractivity contribution in [3.8, 4) is 5.75 Å². The molecule has 7 heteroatoms. The molecule has 1 fully saturated rings. The molecule has 2 aromatic carbocycles. The number of nitrogens with zero attached hydrogens (tertiary/aromatic N) is 3. The zero-order chi connectivity index (χ0) is 27.6. The summed E-state index contributed by atoms with van der Waals surface area (Å²) in [5.74, 6) is 1.81. The summed E-state index contributed by atoms with van der Waals surface area (Å²) >= 11 is 0. The van der Waals surface area contributed by atoms with Gasteiger partial charge in [0.15, 0.2) is 0 Å². The SMILES string of the molecule is C=C(C)c1cc(CC(=O)NC2CCC(Nc3nc(N(C)C)c4ccccc4n3)CC2)cc(C(C)(C)C)c1O. The summed E-state index contributed by atoms with van der Waals surface area (Å²) in [5.41, 5.74) is 3.90. The van der Waals surface area contributed by atoms with Crippen LogP contribution in [0.15, 0.2) is 43.0 Å². The Morgan fingerprint density at radius 3 is 2.37 bits per heavy atom.